The quantitative estimate of drug-likeness (QED) is 0.706. The molecule has 0 heterocycles. The smallest absolute Gasteiger partial charge is 0.137 e. The number of ether oxygens (including phenoxy) is 1. The SMILES string of the molecule is COC1=CC(CN(C)C)CC=C1N. The van der Waals surface area contributed by atoms with Crippen molar-refractivity contribution in [1.82, 2.24) is 4.90 Å². The Morgan fingerprint density at radius 2 is 2.31 bits per heavy atom. The zero-order chi connectivity index (χ0) is 9.84. The molecule has 74 valence electrons. The predicted octanol–water partition coefficient (Wildman–Crippen LogP) is 0.941. The highest BCUT2D eigenvalue weighted by Gasteiger charge is 2.14. The van der Waals surface area contributed by atoms with E-state index in [1.165, 1.54) is 0 Å². The van der Waals surface area contributed by atoms with E-state index >= 15 is 0 Å². The van der Waals surface area contributed by atoms with Crippen LogP contribution < -0.4 is 5.73 Å². The maximum absolute atomic E-state index is 5.74. The molecule has 0 radical (unpaired) electrons. The Hall–Kier alpha value is -0.960. The van der Waals surface area contributed by atoms with E-state index in [9.17, 15) is 0 Å². The van der Waals surface area contributed by atoms with Crippen LogP contribution in [0.25, 0.3) is 0 Å². The highest BCUT2D eigenvalue weighted by Crippen LogP contribution is 2.20. The van der Waals surface area contributed by atoms with Gasteiger partial charge in [-0.1, -0.05) is 6.08 Å². The van der Waals surface area contributed by atoms with Gasteiger partial charge in [0.25, 0.3) is 0 Å². The van der Waals surface area contributed by atoms with E-state index in [1.54, 1.807) is 7.11 Å². The molecule has 0 bridgehead atoms. The Morgan fingerprint density at radius 3 is 2.85 bits per heavy atom. The van der Waals surface area contributed by atoms with Crippen molar-refractivity contribution < 1.29 is 4.74 Å². The third-order valence-corrected chi connectivity index (χ3v) is 2.13. The van der Waals surface area contributed by atoms with Gasteiger partial charge in [-0.25, -0.2) is 0 Å². The fourth-order valence-electron chi connectivity index (χ4n) is 1.54. The lowest BCUT2D eigenvalue weighted by Crippen LogP contribution is -2.23. The van der Waals surface area contributed by atoms with Crippen LogP contribution in [0.15, 0.2) is 23.6 Å². The number of methoxy groups -OCH3 is 1. The highest BCUT2D eigenvalue weighted by atomic mass is 16.5. The van der Waals surface area contributed by atoms with Gasteiger partial charge in [-0.05, 0) is 32.5 Å². The summed E-state index contributed by atoms with van der Waals surface area (Å²) in [5.74, 6) is 1.34. The lowest BCUT2D eigenvalue weighted by Gasteiger charge is -2.21. The molecule has 0 fully saturated rings. The minimum absolute atomic E-state index is 0.525. The van der Waals surface area contributed by atoms with E-state index in [-0.39, 0.29) is 0 Å². The summed E-state index contributed by atoms with van der Waals surface area (Å²) in [7, 11) is 5.80. The fourth-order valence-corrected chi connectivity index (χ4v) is 1.54. The van der Waals surface area contributed by atoms with Crippen molar-refractivity contribution in [3.63, 3.8) is 0 Å². The Morgan fingerprint density at radius 1 is 1.62 bits per heavy atom. The van der Waals surface area contributed by atoms with E-state index < -0.39 is 0 Å². The Balaban J connectivity index is 2.60. The number of rotatable bonds is 3. The number of nitrogens with two attached hydrogens (primary N) is 1. The van der Waals surface area contributed by atoms with Crippen LogP contribution in [0, 0.1) is 5.92 Å². The van der Waals surface area contributed by atoms with Gasteiger partial charge < -0.3 is 15.4 Å². The van der Waals surface area contributed by atoms with Crippen molar-refractivity contribution in [2.75, 3.05) is 27.7 Å². The number of hydrogen-bond acceptors (Lipinski definition) is 3. The maximum Gasteiger partial charge on any atom is 0.137 e. The molecular formula is C10H18N2O. The molecule has 0 spiro atoms. The summed E-state index contributed by atoms with van der Waals surface area (Å²) in [5.41, 5.74) is 6.50. The molecule has 3 heteroatoms. The second-order valence-corrected chi connectivity index (χ2v) is 3.65. The number of nitrogens with zero attached hydrogens (tertiary/aromatic N) is 1. The zero-order valence-corrected chi connectivity index (χ0v) is 8.58. The van der Waals surface area contributed by atoms with Crippen molar-refractivity contribution in [3.8, 4) is 0 Å². The van der Waals surface area contributed by atoms with Crippen molar-refractivity contribution >= 4 is 0 Å². The molecular weight excluding hydrogens is 164 g/mol. The van der Waals surface area contributed by atoms with Crippen LogP contribution in [0.2, 0.25) is 0 Å². The van der Waals surface area contributed by atoms with E-state index in [1.807, 2.05) is 6.08 Å². The minimum atomic E-state index is 0.525. The van der Waals surface area contributed by atoms with Gasteiger partial charge in [0.2, 0.25) is 0 Å². The van der Waals surface area contributed by atoms with Gasteiger partial charge in [-0.3, -0.25) is 0 Å². The van der Waals surface area contributed by atoms with Gasteiger partial charge in [-0.2, -0.15) is 0 Å². The average molecular weight is 182 g/mol. The Bertz CT molecular complexity index is 231. The van der Waals surface area contributed by atoms with Crippen molar-refractivity contribution in [2.45, 2.75) is 6.42 Å². The van der Waals surface area contributed by atoms with Crippen LogP contribution in [0.1, 0.15) is 6.42 Å². The van der Waals surface area contributed by atoms with E-state index in [0.29, 0.717) is 5.92 Å². The molecule has 0 aromatic rings. The summed E-state index contributed by atoms with van der Waals surface area (Å²) in [6.07, 6.45) is 5.15. The molecule has 1 unspecified atom stereocenters. The second kappa shape index (κ2) is 4.33. The fraction of sp³-hybridized carbons (Fsp3) is 0.600. The monoisotopic (exact) mass is 182 g/mol. The van der Waals surface area contributed by atoms with Gasteiger partial charge in [0, 0.05) is 6.54 Å². The molecule has 1 rings (SSSR count). The van der Waals surface area contributed by atoms with Gasteiger partial charge in [0.1, 0.15) is 5.76 Å². The molecule has 0 saturated heterocycles. The first-order valence-electron chi connectivity index (χ1n) is 4.50. The van der Waals surface area contributed by atoms with Crippen LogP contribution in [-0.2, 0) is 4.74 Å². The van der Waals surface area contributed by atoms with E-state index in [0.717, 1.165) is 24.4 Å². The minimum Gasteiger partial charge on any atom is -0.495 e. The summed E-state index contributed by atoms with van der Waals surface area (Å²) < 4.78 is 5.16. The molecule has 3 nitrogen and oxygen atoms in total. The Labute approximate surface area is 79.9 Å². The summed E-state index contributed by atoms with van der Waals surface area (Å²) >= 11 is 0. The van der Waals surface area contributed by atoms with Crippen LogP contribution in [0.4, 0.5) is 0 Å². The topological polar surface area (TPSA) is 38.5 Å². The average Bonchev–Trinajstić information content (AvgIpc) is 2.07. The standard InChI is InChI=1S/C10H18N2O/c1-12(2)7-8-4-5-9(11)10(6-8)13-3/h5-6,8H,4,7,11H2,1-3H3. The van der Waals surface area contributed by atoms with E-state index in [2.05, 4.69) is 25.1 Å². The van der Waals surface area contributed by atoms with Crippen LogP contribution in [0.3, 0.4) is 0 Å². The molecule has 1 atom stereocenters. The van der Waals surface area contributed by atoms with Gasteiger partial charge in [-0.15, -0.1) is 0 Å². The third-order valence-electron chi connectivity index (χ3n) is 2.13. The van der Waals surface area contributed by atoms with Crippen LogP contribution >= 0.6 is 0 Å². The number of allylic oxidation sites excluding steroid dienone is 1. The largest absolute Gasteiger partial charge is 0.495 e. The summed E-state index contributed by atoms with van der Waals surface area (Å²) in [6, 6.07) is 0. The Kier molecular flexibility index (Phi) is 3.37. The first-order valence-corrected chi connectivity index (χ1v) is 4.50. The molecule has 0 aromatic carbocycles. The molecule has 2 N–H and O–H groups in total. The summed E-state index contributed by atoms with van der Waals surface area (Å²) in [5, 5.41) is 0. The van der Waals surface area contributed by atoms with Gasteiger partial charge >= 0.3 is 0 Å². The zero-order valence-electron chi connectivity index (χ0n) is 8.58. The van der Waals surface area contributed by atoms with Crippen molar-refractivity contribution in [1.29, 1.82) is 0 Å². The van der Waals surface area contributed by atoms with Crippen molar-refractivity contribution in [2.24, 2.45) is 11.7 Å². The normalized spacial score (nSPS) is 22.6. The molecule has 0 aromatic heterocycles. The summed E-state index contributed by atoms with van der Waals surface area (Å²) in [4.78, 5) is 2.17. The maximum atomic E-state index is 5.74. The van der Waals surface area contributed by atoms with Gasteiger partial charge in [0.15, 0.2) is 0 Å². The molecule has 0 aliphatic heterocycles. The third kappa shape index (κ3) is 2.77. The predicted molar refractivity (Wildman–Crippen MR) is 54.0 cm³/mol. The van der Waals surface area contributed by atoms with Crippen LogP contribution in [0.5, 0.6) is 0 Å². The lowest BCUT2D eigenvalue weighted by atomic mass is 9.98. The van der Waals surface area contributed by atoms with Crippen molar-refractivity contribution in [3.05, 3.63) is 23.6 Å². The molecule has 1 aliphatic carbocycles. The van der Waals surface area contributed by atoms with Gasteiger partial charge in [0.05, 0.1) is 12.8 Å². The van der Waals surface area contributed by atoms with Crippen LogP contribution in [-0.4, -0.2) is 32.6 Å². The van der Waals surface area contributed by atoms with E-state index in [4.69, 9.17) is 10.5 Å². The second-order valence-electron chi connectivity index (χ2n) is 3.65. The molecule has 0 amide bonds. The first kappa shape index (κ1) is 10.1. The molecule has 0 saturated carbocycles. The number of hydrogen-bond donors (Lipinski definition) is 1. The molecule has 1 aliphatic rings. The highest BCUT2D eigenvalue weighted by molar-refractivity contribution is 5.27. The molecule has 13 heavy (non-hydrogen) atoms. The summed E-state index contributed by atoms with van der Waals surface area (Å²) in [6.45, 7) is 1.04. The first-order chi connectivity index (χ1) is 6.13. The lowest BCUT2D eigenvalue weighted by molar-refractivity contribution is 0.284.